The van der Waals surface area contributed by atoms with Gasteiger partial charge in [-0.1, -0.05) is 85.0 Å². The first kappa shape index (κ1) is 30.0. The Labute approximate surface area is 173 Å². The first-order valence-corrected chi connectivity index (χ1v) is 11.3. The molecular formula is C22H49NO5. The van der Waals surface area contributed by atoms with E-state index < -0.39 is 18.2 Å². The van der Waals surface area contributed by atoms with E-state index in [9.17, 15) is 10.2 Å². The van der Waals surface area contributed by atoms with Gasteiger partial charge >= 0.3 is 0 Å². The van der Waals surface area contributed by atoms with Crippen LogP contribution in [-0.2, 0) is 0 Å². The lowest BCUT2D eigenvalue weighted by molar-refractivity contribution is -0.0360. The zero-order valence-electron chi connectivity index (χ0n) is 18.6. The van der Waals surface area contributed by atoms with Crippen LogP contribution >= 0.6 is 0 Å². The Morgan fingerprint density at radius 1 is 0.643 bits per heavy atom. The molecule has 0 spiro atoms. The van der Waals surface area contributed by atoms with Crippen LogP contribution in [0.2, 0.25) is 0 Å². The summed E-state index contributed by atoms with van der Waals surface area (Å²) in [5.74, 6) is 0.0617. The van der Waals surface area contributed by atoms with Gasteiger partial charge in [-0.05, 0) is 12.3 Å². The molecule has 6 heteroatoms. The third kappa shape index (κ3) is 17.8. The number of rotatable bonds is 17. The summed E-state index contributed by atoms with van der Waals surface area (Å²) in [7, 11) is 0. The fourth-order valence-corrected chi connectivity index (χ4v) is 2.88. The molecule has 0 aromatic rings. The van der Waals surface area contributed by atoms with E-state index in [0.717, 1.165) is 12.8 Å². The summed E-state index contributed by atoms with van der Waals surface area (Å²) in [4.78, 5) is 0. The van der Waals surface area contributed by atoms with Crippen molar-refractivity contribution in [1.29, 1.82) is 0 Å². The van der Waals surface area contributed by atoms with E-state index in [2.05, 4.69) is 6.92 Å². The molecule has 0 heterocycles. The van der Waals surface area contributed by atoms with Crippen molar-refractivity contribution in [2.75, 3.05) is 19.8 Å². The van der Waals surface area contributed by atoms with Crippen molar-refractivity contribution in [2.45, 2.75) is 110 Å². The highest BCUT2D eigenvalue weighted by Gasteiger charge is 2.27. The zero-order chi connectivity index (χ0) is 21.8. The van der Waals surface area contributed by atoms with Crippen LogP contribution in [0, 0.1) is 11.8 Å². The maximum absolute atomic E-state index is 9.99. The molecule has 4 unspecified atom stereocenters. The highest BCUT2D eigenvalue weighted by Crippen LogP contribution is 2.18. The minimum Gasteiger partial charge on any atom is -0.396 e. The van der Waals surface area contributed by atoms with Gasteiger partial charge < -0.3 is 31.3 Å². The van der Waals surface area contributed by atoms with Crippen molar-refractivity contribution in [2.24, 2.45) is 17.6 Å². The summed E-state index contributed by atoms with van der Waals surface area (Å²) >= 11 is 0. The molecule has 0 bridgehead atoms. The summed E-state index contributed by atoms with van der Waals surface area (Å²) in [6.45, 7) is 5.82. The molecule has 0 aromatic heterocycles. The normalized spacial score (nSPS) is 15.6. The van der Waals surface area contributed by atoms with Crippen LogP contribution in [0.1, 0.15) is 91.4 Å². The number of nitrogens with two attached hydrogens (primary N) is 1. The number of aliphatic hydroxyl groups excluding tert-OH is 5. The quantitative estimate of drug-likeness (QED) is 0.206. The third-order valence-corrected chi connectivity index (χ3v) is 5.22. The van der Waals surface area contributed by atoms with Crippen LogP contribution in [-0.4, -0.2) is 63.6 Å². The van der Waals surface area contributed by atoms with Gasteiger partial charge in [0, 0.05) is 19.1 Å². The molecule has 0 amide bonds. The lowest BCUT2D eigenvalue weighted by atomic mass is 9.91. The summed E-state index contributed by atoms with van der Waals surface area (Å²) in [5, 5.41) is 45.0. The molecule has 7 N–H and O–H groups in total. The second kappa shape index (κ2) is 21.5. The standard InChI is InChI=1S/C18H39NO3.C4H10O2/c1-3-4-5-6-7-8-9-10-11-12-13-15(2)17(21)18(22)16(19)14-20;1-4(2-5)3-6/h15-18,20-22H,3-14,19H2,1-2H3;4-6H,2-3H2,1H3. The Morgan fingerprint density at radius 2 is 1.07 bits per heavy atom. The Balaban J connectivity index is 0. The molecule has 172 valence electrons. The number of unbranched alkanes of at least 4 members (excludes halogenated alkanes) is 9. The van der Waals surface area contributed by atoms with Crippen LogP contribution < -0.4 is 5.73 Å². The third-order valence-electron chi connectivity index (χ3n) is 5.22. The van der Waals surface area contributed by atoms with Gasteiger partial charge in [0.05, 0.1) is 24.9 Å². The van der Waals surface area contributed by atoms with Gasteiger partial charge in [0.1, 0.15) is 0 Å². The van der Waals surface area contributed by atoms with E-state index in [0.29, 0.717) is 0 Å². The molecule has 0 aliphatic carbocycles. The molecule has 0 fully saturated rings. The average molecular weight is 408 g/mol. The number of aliphatic hydroxyl groups is 5. The molecule has 0 aliphatic rings. The Morgan fingerprint density at radius 3 is 1.43 bits per heavy atom. The number of hydrogen-bond acceptors (Lipinski definition) is 6. The van der Waals surface area contributed by atoms with Crippen molar-refractivity contribution in [3.05, 3.63) is 0 Å². The van der Waals surface area contributed by atoms with Crippen LogP contribution in [0.4, 0.5) is 0 Å². The highest BCUT2D eigenvalue weighted by atomic mass is 16.3. The van der Waals surface area contributed by atoms with Gasteiger partial charge in [-0.3, -0.25) is 0 Å². The maximum atomic E-state index is 9.99. The molecule has 28 heavy (non-hydrogen) atoms. The predicted octanol–water partition coefficient (Wildman–Crippen LogP) is 2.58. The van der Waals surface area contributed by atoms with Crippen LogP contribution in [0.25, 0.3) is 0 Å². The second-order valence-electron chi connectivity index (χ2n) is 8.25. The van der Waals surface area contributed by atoms with Crippen LogP contribution in [0.3, 0.4) is 0 Å². The fourth-order valence-electron chi connectivity index (χ4n) is 2.88. The largest absolute Gasteiger partial charge is 0.396 e. The molecule has 0 aliphatic heterocycles. The van der Waals surface area contributed by atoms with E-state index in [4.69, 9.17) is 21.1 Å². The second-order valence-corrected chi connectivity index (χ2v) is 8.25. The van der Waals surface area contributed by atoms with Gasteiger partial charge in [-0.15, -0.1) is 0 Å². The predicted molar refractivity (Wildman–Crippen MR) is 116 cm³/mol. The van der Waals surface area contributed by atoms with E-state index in [1.807, 2.05) is 6.92 Å². The van der Waals surface area contributed by atoms with Gasteiger partial charge in [0.25, 0.3) is 0 Å². The van der Waals surface area contributed by atoms with Crippen molar-refractivity contribution in [3.63, 3.8) is 0 Å². The van der Waals surface area contributed by atoms with Crippen LogP contribution in [0.15, 0.2) is 0 Å². The van der Waals surface area contributed by atoms with Crippen molar-refractivity contribution in [3.8, 4) is 0 Å². The molecular weight excluding hydrogens is 358 g/mol. The van der Waals surface area contributed by atoms with Gasteiger partial charge in [-0.2, -0.15) is 0 Å². The average Bonchev–Trinajstić information content (AvgIpc) is 2.72. The molecule has 0 radical (unpaired) electrons. The first-order valence-electron chi connectivity index (χ1n) is 11.3. The molecule has 4 atom stereocenters. The molecule has 0 rings (SSSR count). The zero-order valence-corrected chi connectivity index (χ0v) is 18.6. The smallest absolute Gasteiger partial charge is 0.0974 e. The molecule has 0 aromatic carbocycles. The monoisotopic (exact) mass is 407 g/mol. The topological polar surface area (TPSA) is 127 Å². The SMILES string of the molecule is CC(CO)CO.CCCCCCCCCCCCC(C)C(O)C(O)C(N)CO. The van der Waals surface area contributed by atoms with E-state index in [-0.39, 0.29) is 31.7 Å². The first-order chi connectivity index (χ1) is 13.3. The highest BCUT2D eigenvalue weighted by molar-refractivity contribution is 4.81. The summed E-state index contributed by atoms with van der Waals surface area (Å²) in [5.41, 5.74) is 5.55. The minimum absolute atomic E-state index is 0.0154. The van der Waals surface area contributed by atoms with E-state index in [1.165, 1.54) is 57.8 Å². The van der Waals surface area contributed by atoms with Crippen molar-refractivity contribution < 1.29 is 25.5 Å². The fraction of sp³-hybridized carbons (Fsp3) is 1.00. The van der Waals surface area contributed by atoms with E-state index in [1.54, 1.807) is 6.92 Å². The van der Waals surface area contributed by atoms with E-state index >= 15 is 0 Å². The molecule has 0 saturated carbocycles. The maximum Gasteiger partial charge on any atom is 0.0974 e. The van der Waals surface area contributed by atoms with Gasteiger partial charge in [0.2, 0.25) is 0 Å². The Hall–Kier alpha value is -0.240. The summed E-state index contributed by atoms with van der Waals surface area (Å²) in [6.07, 6.45) is 12.0. The van der Waals surface area contributed by atoms with Crippen LogP contribution in [0.5, 0.6) is 0 Å². The van der Waals surface area contributed by atoms with Crippen molar-refractivity contribution in [1.82, 2.24) is 0 Å². The minimum atomic E-state index is -1.04. The Bertz CT molecular complexity index is 303. The number of hydrogen-bond donors (Lipinski definition) is 6. The van der Waals surface area contributed by atoms with Gasteiger partial charge in [0.15, 0.2) is 0 Å². The molecule has 0 saturated heterocycles. The summed E-state index contributed by atoms with van der Waals surface area (Å²) in [6, 6.07) is -0.759. The summed E-state index contributed by atoms with van der Waals surface area (Å²) < 4.78 is 0. The van der Waals surface area contributed by atoms with Gasteiger partial charge in [-0.25, -0.2) is 0 Å². The molecule has 6 nitrogen and oxygen atoms in total. The lowest BCUT2D eigenvalue weighted by Crippen LogP contribution is -2.47. The Kier molecular flexibility index (Phi) is 23.0. The van der Waals surface area contributed by atoms with Crippen molar-refractivity contribution >= 4 is 0 Å². The lowest BCUT2D eigenvalue weighted by Gasteiger charge is -2.27.